The maximum Gasteiger partial charge on any atom is 0.0783 e. The van der Waals surface area contributed by atoms with Gasteiger partial charge >= 0.3 is 0 Å². The Balaban J connectivity index is 2.52. The molecular weight excluding hydrogens is 282 g/mol. The molecule has 0 aliphatic heterocycles. The summed E-state index contributed by atoms with van der Waals surface area (Å²) in [5, 5.41) is 13.1. The second-order valence-corrected chi connectivity index (χ2v) is 8.49. The molecule has 2 N–H and O–H groups in total. The zero-order valence-corrected chi connectivity index (χ0v) is 14.7. The lowest BCUT2D eigenvalue weighted by Crippen LogP contribution is -2.33. The Bertz CT molecular complexity index is 449. The van der Waals surface area contributed by atoms with E-state index in [-0.39, 0.29) is 11.2 Å². The van der Waals surface area contributed by atoms with Crippen molar-refractivity contribution >= 4 is 10.8 Å². The number of benzene rings is 1. The zero-order chi connectivity index (χ0) is 16.0. The van der Waals surface area contributed by atoms with Gasteiger partial charge in [-0.05, 0) is 35.6 Å². The Morgan fingerprint density at radius 1 is 1.14 bits per heavy atom. The van der Waals surface area contributed by atoms with Gasteiger partial charge in [-0.3, -0.25) is 4.21 Å². The Morgan fingerprint density at radius 3 is 2.19 bits per heavy atom. The molecule has 0 saturated carbocycles. The van der Waals surface area contributed by atoms with Gasteiger partial charge in [0.1, 0.15) is 0 Å². The SMILES string of the molecule is CC(C)CNCC(O)CS(=O)c1ccc(C(C)(C)C)cc1. The third-order valence-corrected chi connectivity index (χ3v) is 4.75. The van der Waals surface area contributed by atoms with Gasteiger partial charge in [-0.2, -0.15) is 0 Å². The smallest absolute Gasteiger partial charge is 0.0783 e. The average molecular weight is 311 g/mol. The lowest BCUT2D eigenvalue weighted by atomic mass is 9.87. The van der Waals surface area contributed by atoms with E-state index in [1.165, 1.54) is 5.56 Å². The van der Waals surface area contributed by atoms with Crippen LogP contribution in [-0.2, 0) is 16.2 Å². The first-order valence-corrected chi connectivity index (χ1v) is 8.89. The standard InChI is InChI=1S/C17H29NO2S/c1-13(2)10-18-11-15(19)12-21(20)16-8-6-14(7-9-16)17(3,4)5/h6-9,13,15,18-19H,10-12H2,1-5H3. The van der Waals surface area contributed by atoms with E-state index in [4.69, 9.17) is 0 Å². The van der Waals surface area contributed by atoms with Gasteiger partial charge in [0, 0.05) is 11.4 Å². The number of rotatable bonds is 7. The molecule has 0 amide bonds. The van der Waals surface area contributed by atoms with Gasteiger partial charge in [-0.25, -0.2) is 0 Å². The molecule has 0 spiro atoms. The predicted octanol–water partition coefficient (Wildman–Crippen LogP) is 2.70. The lowest BCUT2D eigenvalue weighted by molar-refractivity contribution is 0.193. The van der Waals surface area contributed by atoms with Crippen LogP contribution in [0.15, 0.2) is 29.2 Å². The maximum absolute atomic E-state index is 12.2. The minimum absolute atomic E-state index is 0.0975. The maximum atomic E-state index is 12.2. The van der Waals surface area contributed by atoms with E-state index in [1.807, 2.05) is 24.3 Å². The molecule has 0 aromatic heterocycles. The van der Waals surface area contributed by atoms with E-state index in [2.05, 4.69) is 39.9 Å². The molecule has 0 saturated heterocycles. The average Bonchev–Trinajstić information content (AvgIpc) is 2.37. The molecule has 0 aliphatic carbocycles. The molecule has 4 heteroatoms. The van der Waals surface area contributed by atoms with E-state index in [0.717, 1.165) is 11.4 Å². The van der Waals surface area contributed by atoms with Crippen molar-refractivity contribution in [3.05, 3.63) is 29.8 Å². The zero-order valence-electron chi connectivity index (χ0n) is 13.8. The van der Waals surface area contributed by atoms with E-state index in [1.54, 1.807) is 0 Å². The Morgan fingerprint density at radius 2 is 1.71 bits per heavy atom. The first kappa shape index (κ1) is 18.3. The molecule has 1 aromatic carbocycles. The van der Waals surface area contributed by atoms with Gasteiger partial charge in [0.25, 0.3) is 0 Å². The number of aliphatic hydroxyl groups is 1. The third-order valence-electron chi connectivity index (χ3n) is 3.26. The highest BCUT2D eigenvalue weighted by Gasteiger charge is 2.15. The van der Waals surface area contributed by atoms with Gasteiger partial charge in [0.05, 0.1) is 22.7 Å². The van der Waals surface area contributed by atoms with Crippen LogP contribution in [-0.4, -0.2) is 34.3 Å². The van der Waals surface area contributed by atoms with Gasteiger partial charge in [0.15, 0.2) is 0 Å². The van der Waals surface area contributed by atoms with E-state index in [9.17, 15) is 9.32 Å². The fourth-order valence-corrected chi connectivity index (χ4v) is 3.07. The van der Waals surface area contributed by atoms with E-state index in [0.29, 0.717) is 12.5 Å². The van der Waals surface area contributed by atoms with Gasteiger partial charge in [0.2, 0.25) is 0 Å². The normalized spacial score (nSPS) is 15.2. The largest absolute Gasteiger partial charge is 0.391 e. The minimum atomic E-state index is -1.15. The molecule has 3 nitrogen and oxygen atoms in total. The van der Waals surface area contributed by atoms with Crippen LogP contribution in [0.2, 0.25) is 0 Å². The Hall–Kier alpha value is -0.710. The lowest BCUT2D eigenvalue weighted by Gasteiger charge is -2.19. The summed E-state index contributed by atoms with van der Waals surface area (Å²) < 4.78 is 12.2. The number of hydrogen-bond acceptors (Lipinski definition) is 3. The van der Waals surface area contributed by atoms with Crippen molar-refractivity contribution < 1.29 is 9.32 Å². The van der Waals surface area contributed by atoms with Crippen LogP contribution in [0.25, 0.3) is 0 Å². The van der Waals surface area contributed by atoms with Crippen molar-refractivity contribution in [2.75, 3.05) is 18.8 Å². The molecule has 21 heavy (non-hydrogen) atoms. The first-order valence-electron chi connectivity index (χ1n) is 7.58. The Labute approximate surface area is 131 Å². The molecule has 0 bridgehead atoms. The third kappa shape index (κ3) is 6.72. The summed E-state index contributed by atoms with van der Waals surface area (Å²) in [4.78, 5) is 0.783. The number of nitrogens with one attached hydrogen (secondary N) is 1. The van der Waals surface area contributed by atoms with Gasteiger partial charge < -0.3 is 10.4 Å². The molecule has 0 fully saturated rings. The van der Waals surface area contributed by atoms with Crippen LogP contribution < -0.4 is 5.32 Å². The molecule has 2 unspecified atom stereocenters. The highest BCUT2D eigenvalue weighted by atomic mass is 32.2. The summed E-state index contributed by atoms with van der Waals surface area (Å²) in [7, 11) is -1.15. The van der Waals surface area contributed by atoms with Crippen molar-refractivity contribution in [2.45, 2.75) is 51.0 Å². The molecule has 2 atom stereocenters. The summed E-state index contributed by atoms with van der Waals surface area (Å²) in [6.45, 7) is 12.1. The summed E-state index contributed by atoms with van der Waals surface area (Å²) in [5.41, 5.74) is 1.32. The number of hydrogen-bond donors (Lipinski definition) is 2. The van der Waals surface area contributed by atoms with Crippen LogP contribution in [0.3, 0.4) is 0 Å². The molecule has 120 valence electrons. The van der Waals surface area contributed by atoms with Crippen molar-refractivity contribution in [3.63, 3.8) is 0 Å². The summed E-state index contributed by atoms with van der Waals surface area (Å²) >= 11 is 0. The van der Waals surface area contributed by atoms with Crippen LogP contribution in [0, 0.1) is 5.92 Å². The topological polar surface area (TPSA) is 49.3 Å². The molecular formula is C17H29NO2S. The van der Waals surface area contributed by atoms with Crippen LogP contribution >= 0.6 is 0 Å². The molecule has 1 rings (SSSR count). The summed E-state index contributed by atoms with van der Waals surface area (Å²) in [6.07, 6.45) is -0.577. The van der Waals surface area contributed by atoms with Crippen molar-refractivity contribution in [2.24, 2.45) is 5.92 Å². The summed E-state index contributed by atoms with van der Waals surface area (Å²) in [5.74, 6) is 0.826. The fourth-order valence-electron chi connectivity index (χ4n) is 1.98. The molecule has 0 aliphatic rings. The van der Waals surface area contributed by atoms with Crippen LogP contribution in [0.4, 0.5) is 0 Å². The second kappa shape index (κ2) is 8.06. The van der Waals surface area contributed by atoms with Crippen molar-refractivity contribution in [3.8, 4) is 0 Å². The fraction of sp³-hybridized carbons (Fsp3) is 0.647. The van der Waals surface area contributed by atoms with Crippen LogP contribution in [0.1, 0.15) is 40.2 Å². The van der Waals surface area contributed by atoms with Crippen molar-refractivity contribution in [1.29, 1.82) is 0 Å². The predicted molar refractivity (Wildman–Crippen MR) is 90.1 cm³/mol. The molecule has 1 aromatic rings. The first-order chi connectivity index (χ1) is 9.70. The second-order valence-electron chi connectivity index (χ2n) is 6.99. The molecule has 0 radical (unpaired) electrons. The number of aliphatic hydroxyl groups excluding tert-OH is 1. The summed E-state index contributed by atoms with van der Waals surface area (Å²) in [6, 6.07) is 7.86. The van der Waals surface area contributed by atoms with Crippen LogP contribution in [0.5, 0.6) is 0 Å². The van der Waals surface area contributed by atoms with Crippen molar-refractivity contribution in [1.82, 2.24) is 5.32 Å². The molecule has 0 heterocycles. The van der Waals surface area contributed by atoms with E-state index >= 15 is 0 Å². The monoisotopic (exact) mass is 311 g/mol. The quantitative estimate of drug-likeness (QED) is 0.814. The van der Waals surface area contributed by atoms with Gasteiger partial charge in [-0.15, -0.1) is 0 Å². The Kier molecular flexibility index (Phi) is 7.04. The van der Waals surface area contributed by atoms with E-state index < -0.39 is 16.9 Å². The highest BCUT2D eigenvalue weighted by Crippen LogP contribution is 2.23. The van der Waals surface area contributed by atoms with Gasteiger partial charge in [-0.1, -0.05) is 46.8 Å². The highest BCUT2D eigenvalue weighted by molar-refractivity contribution is 7.85. The minimum Gasteiger partial charge on any atom is -0.391 e.